The van der Waals surface area contributed by atoms with Crippen molar-refractivity contribution in [2.45, 2.75) is 39.5 Å². The molecule has 0 spiro atoms. The molecule has 0 aliphatic carbocycles. The maximum absolute atomic E-state index is 12.3. The third kappa shape index (κ3) is 6.44. The van der Waals surface area contributed by atoms with Crippen molar-refractivity contribution in [2.24, 2.45) is 0 Å². The van der Waals surface area contributed by atoms with Crippen LogP contribution in [0.5, 0.6) is 0 Å². The number of unbranched alkanes of at least 4 members (excludes halogenated alkanes) is 2. The lowest BCUT2D eigenvalue weighted by atomic mass is 10.4. The second kappa shape index (κ2) is 10.6. The predicted molar refractivity (Wildman–Crippen MR) is 96.3 cm³/mol. The van der Waals surface area contributed by atoms with E-state index in [0.29, 0.717) is 0 Å². The molecule has 1 aromatic rings. The average molecular weight is 356 g/mol. The van der Waals surface area contributed by atoms with Crippen molar-refractivity contribution < 1.29 is 9.13 Å². The molecule has 2 atom stereocenters. The second-order valence-electron chi connectivity index (χ2n) is 4.18. The van der Waals surface area contributed by atoms with Gasteiger partial charge >= 0.3 is 0 Å². The topological polar surface area (TPSA) is 34.1 Å². The minimum atomic E-state index is -1.81. The smallest absolute Gasteiger partial charge is 0.157 e. The van der Waals surface area contributed by atoms with Gasteiger partial charge in [0.05, 0.1) is 0 Å². The lowest BCUT2D eigenvalue weighted by Crippen LogP contribution is -2.11. The number of thiophene rings is 1. The molecule has 0 aromatic carbocycles. The van der Waals surface area contributed by atoms with Gasteiger partial charge in [-0.1, -0.05) is 49.5 Å². The van der Waals surface area contributed by atoms with Gasteiger partial charge in [-0.15, -0.1) is 0 Å². The van der Waals surface area contributed by atoms with Gasteiger partial charge in [-0.05, 0) is 12.8 Å². The quantitative estimate of drug-likeness (QED) is 0.436. The Balaban J connectivity index is 2.58. The summed E-state index contributed by atoms with van der Waals surface area (Å²) in [4.78, 5) is 0. The van der Waals surface area contributed by atoms with Gasteiger partial charge < -0.3 is 9.13 Å². The van der Waals surface area contributed by atoms with Crippen LogP contribution >= 0.6 is 48.1 Å². The van der Waals surface area contributed by atoms with Crippen LogP contribution in [0, 0.1) is 0 Å². The molecule has 0 aliphatic heterocycles. The highest BCUT2D eigenvalue weighted by molar-refractivity contribution is 8.55. The van der Waals surface area contributed by atoms with Gasteiger partial charge in [-0.3, -0.25) is 0 Å². The van der Waals surface area contributed by atoms with Crippen LogP contribution in [0.2, 0.25) is 0 Å². The summed E-state index contributed by atoms with van der Waals surface area (Å²) in [5.41, 5.74) is 0. The van der Waals surface area contributed by atoms with E-state index in [-0.39, 0.29) is 0 Å². The minimum Gasteiger partial charge on any atom is -0.310 e. The largest absolute Gasteiger partial charge is 0.310 e. The first-order valence-corrected chi connectivity index (χ1v) is 13.8. The normalized spacial score (nSPS) is 14.4. The first kappa shape index (κ1) is 17.9. The van der Waals surface area contributed by atoms with E-state index in [4.69, 9.17) is 0 Å². The standard InChI is InChI=1S/C12H22O2P2S3/c1-3-5-7-18-15(13)11-9-17-10-12(11)16(14)19-8-6-4-2/h9-10,15-16H,3-8H2,1-2H3. The van der Waals surface area contributed by atoms with Crippen LogP contribution in [0.15, 0.2) is 10.8 Å². The fourth-order valence-corrected chi connectivity index (χ4v) is 11.2. The molecule has 0 radical (unpaired) electrons. The van der Waals surface area contributed by atoms with Crippen molar-refractivity contribution in [2.75, 3.05) is 11.5 Å². The summed E-state index contributed by atoms with van der Waals surface area (Å²) in [6, 6.07) is 0. The van der Waals surface area contributed by atoms with Gasteiger partial charge in [0.15, 0.2) is 14.0 Å². The van der Waals surface area contributed by atoms with E-state index in [2.05, 4.69) is 13.8 Å². The molecule has 1 aromatic heterocycles. The van der Waals surface area contributed by atoms with E-state index in [9.17, 15) is 9.13 Å². The molecule has 0 fully saturated rings. The monoisotopic (exact) mass is 356 g/mol. The summed E-state index contributed by atoms with van der Waals surface area (Å²) in [6.45, 7) is 4.27. The molecule has 19 heavy (non-hydrogen) atoms. The van der Waals surface area contributed by atoms with Crippen LogP contribution in [0.3, 0.4) is 0 Å². The lowest BCUT2D eigenvalue weighted by Gasteiger charge is -2.04. The van der Waals surface area contributed by atoms with Crippen LogP contribution in [-0.4, -0.2) is 11.5 Å². The van der Waals surface area contributed by atoms with E-state index >= 15 is 0 Å². The molecule has 0 bridgehead atoms. The fourth-order valence-electron chi connectivity index (χ4n) is 1.39. The maximum Gasteiger partial charge on any atom is 0.157 e. The summed E-state index contributed by atoms with van der Waals surface area (Å²) in [5, 5.41) is 5.59. The molecule has 1 heterocycles. The predicted octanol–water partition coefficient (Wildman–Crippen LogP) is 5.01. The Kier molecular flexibility index (Phi) is 9.96. The van der Waals surface area contributed by atoms with Crippen molar-refractivity contribution in [1.29, 1.82) is 0 Å². The third-order valence-electron chi connectivity index (χ3n) is 2.56. The molecule has 0 saturated heterocycles. The summed E-state index contributed by atoms with van der Waals surface area (Å²) in [7, 11) is -3.62. The molecule has 2 unspecified atom stereocenters. The molecule has 0 N–H and O–H groups in total. The van der Waals surface area contributed by atoms with Gasteiger partial charge in [0.1, 0.15) is 0 Å². The molecular weight excluding hydrogens is 334 g/mol. The van der Waals surface area contributed by atoms with Gasteiger partial charge in [-0.25, -0.2) is 0 Å². The minimum absolute atomic E-state index is 0.865. The van der Waals surface area contributed by atoms with E-state index in [1.165, 1.54) is 34.1 Å². The average Bonchev–Trinajstić information content (AvgIpc) is 2.88. The Bertz CT molecular complexity index is 384. The van der Waals surface area contributed by atoms with Gasteiger partial charge in [0.25, 0.3) is 0 Å². The number of hydrogen-bond donors (Lipinski definition) is 0. The van der Waals surface area contributed by atoms with Crippen molar-refractivity contribution in [1.82, 2.24) is 0 Å². The summed E-state index contributed by atoms with van der Waals surface area (Å²) in [6.07, 6.45) is 4.45. The van der Waals surface area contributed by atoms with Gasteiger partial charge in [0.2, 0.25) is 0 Å². The zero-order valence-corrected chi connectivity index (χ0v) is 15.9. The second-order valence-corrected chi connectivity index (χ2v) is 12.5. The molecule has 110 valence electrons. The van der Waals surface area contributed by atoms with E-state index < -0.39 is 14.0 Å². The first-order valence-electron chi connectivity index (χ1n) is 6.61. The van der Waals surface area contributed by atoms with E-state index in [0.717, 1.165) is 47.8 Å². The summed E-state index contributed by atoms with van der Waals surface area (Å²) in [5.74, 6) is 1.88. The first-order chi connectivity index (χ1) is 9.20. The molecule has 1 rings (SSSR count). The van der Waals surface area contributed by atoms with Crippen molar-refractivity contribution in [3.8, 4) is 0 Å². The highest BCUT2D eigenvalue weighted by atomic mass is 32.7. The van der Waals surface area contributed by atoms with Crippen LogP contribution in [0.25, 0.3) is 0 Å². The lowest BCUT2D eigenvalue weighted by molar-refractivity contribution is 0.599. The van der Waals surface area contributed by atoms with Crippen LogP contribution < -0.4 is 10.6 Å². The van der Waals surface area contributed by atoms with Crippen LogP contribution in [-0.2, 0) is 9.13 Å². The molecule has 0 aliphatic rings. The molecule has 0 amide bonds. The van der Waals surface area contributed by atoms with Gasteiger partial charge in [-0.2, -0.15) is 11.3 Å². The van der Waals surface area contributed by atoms with Crippen molar-refractivity contribution >= 4 is 58.7 Å². The summed E-state index contributed by atoms with van der Waals surface area (Å²) >= 11 is 4.61. The Morgan fingerprint density at radius 1 is 0.947 bits per heavy atom. The maximum atomic E-state index is 12.3. The summed E-state index contributed by atoms with van der Waals surface area (Å²) < 4.78 is 24.5. The van der Waals surface area contributed by atoms with Crippen molar-refractivity contribution in [3.05, 3.63) is 10.8 Å². The number of hydrogen-bond acceptors (Lipinski definition) is 5. The van der Waals surface area contributed by atoms with Crippen molar-refractivity contribution in [3.63, 3.8) is 0 Å². The highest BCUT2D eigenvalue weighted by Gasteiger charge is 2.16. The third-order valence-corrected chi connectivity index (χ3v) is 11.3. The number of rotatable bonds is 10. The fraction of sp³-hybridized carbons (Fsp3) is 0.667. The Morgan fingerprint density at radius 2 is 1.37 bits per heavy atom. The van der Waals surface area contributed by atoms with E-state index in [1.807, 2.05) is 10.8 Å². The zero-order chi connectivity index (χ0) is 14.1. The van der Waals surface area contributed by atoms with Crippen LogP contribution in [0.4, 0.5) is 0 Å². The molecule has 2 nitrogen and oxygen atoms in total. The zero-order valence-electron chi connectivity index (χ0n) is 11.4. The Hall–Kier alpha value is 0.860. The van der Waals surface area contributed by atoms with Gasteiger partial charge in [0, 0.05) is 32.9 Å². The molecule has 7 heteroatoms. The SMILES string of the molecule is CCCCS[PH](=O)c1cscc1[PH](=O)SCCCC. The Labute approximate surface area is 129 Å². The molecular formula is C12H22O2P2S3. The Morgan fingerprint density at radius 3 is 1.74 bits per heavy atom. The molecule has 0 saturated carbocycles. The van der Waals surface area contributed by atoms with Crippen LogP contribution in [0.1, 0.15) is 39.5 Å². The highest BCUT2D eigenvalue weighted by Crippen LogP contribution is 2.43. The van der Waals surface area contributed by atoms with E-state index in [1.54, 1.807) is 0 Å².